The molecule has 0 radical (unpaired) electrons. The van der Waals surface area contributed by atoms with Gasteiger partial charge in [0.1, 0.15) is 5.82 Å². The number of allylic oxidation sites excluding steroid dienone is 4. The fourth-order valence-electron chi connectivity index (χ4n) is 3.29. The summed E-state index contributed by atoms with van der Waals surface area (Å²) in [5, 5.41) is 2.69. The highest BCUT2D eigenvalue weighted by Crippen LogP contribution is 2.30. The maximum atomic E-state index is 10.6. The molecule has 2 N–H and O–H groups in total. The second-order valence-corrected chi connectivity index (χ2v) is 9.57. The van der Waals surface area contributed by atoms with Crippen molar-refractivity contribution < 1.29 is 4.79 Å². The molecule has 0 spiro atoms. The number of carbonyl (C=O) groups is 1. The molecule has 1 aromatic carbocycles. The lowest BCUT2D eigenvalue weighted by Crippen LogP contribution is -2.20. The minimum absolute atomic E-state index is 0.00747. The molecule has 6 heteroatoms. The van der Waals surface area contributed by atoms with E-state index in [1.165, 1.54) is 5.52 Å². The van der Waals surface area contributed by atoms with Crippen LogP contribution in [0.4, 0.5) is 5.69 Å². The number of hydrogen-bond donors (Lipinski definition) is 2. The number of nitrogens with one attached hydrogen (secondary N) is 2. The first-order valence-electron chi connectivity index (χ1n) is 10.00. The van der Waals surface area contributed by atoms with E-state index in [0.717, 1.165) is 40.6 Å². The number of nitrogens with zero attached hydrogens (tertiary/aromatic N) is 2. The summed E-state index contributed by atoms with van der Waals surface area (Å²) in [7, 11) is 0. The van der Waals surface area contributed by atoms with Gasteiger partial charge in [-0.3, -0.25) is 4.79 Å². The number of carbonyl (C=O) groups excluding carboxylic acids is 1. The number of anilines is 1. The Morgan fingerprint density at radius 3 is 2.72 bits per heavy atom. The molecule has 1 amide bonds. The van der Waals surface area contributed by atoms with Crippen molar-refractivity contribution in [3.63, 3.8) is 0 Å². The zero-order valence-corrected chi connectivity index (χ0v) is 18.6. The Morgan fingerprint density at radius 2 is 2.03 bits per heavy atom. The number of amides is 1. The van der Waals surface area contributed by atoms with E-state index in [2.05, 4.69) is 73.5 Å². The normalized spacial score (nSPS) is 14.6. The molecule has 1 aliphatic rings. The third kappa shape index (κ3) is 5.32. The molecule has 0 saturated heterocycles. The summed E-state index contributed by atoms with van der Waals surface area (Å²) in [6, 6.07) is 6.39. The smallest absolute Gasteiger partial charge is 0.211 e. The number of imidazole rings is 1. The topological polar surface area (TPSA) is 59.0 Å². The molecule has 29 heavy (non-hydrogen) atoms. The van der Waals surface area contributed by atoms with Gasteiger partial charge in [-0.1, -0.05) is 46.8 Å². The average molecular weight is 411 g/mol. The number of hydrogen-bond acceptors (Lipinski definition) is 4. The van der Waals surface area contributed by atoms with Crippen LogP contribution in [0.1, 0.15) is 46.9 Å². The monoisotopic (exact) mass is 410 g/mol. The summed E-state index contributed by atoms with van der Waals surface area (Å²) in [5.41, 5.74) is 4.03. The third-order valence-corrected chi connectivity index (χ3v) is 5.44. The zero-order valence-electron chi connectivity index (χ0n) is 17.8. The van der Waals surface area contributed by atoms with Crippen molar-refractivity contribution in [2.45, 2.75) is 53.0 Å². The molecule has 0 bridgehead atoms. The molecular formula is C23H30N4OS. The van der Waals surface area contributed by atoms with E-state index in [9.17, 15) is 4.79 Å². The van der Waals surface area contributed by atoms with Crippen LogP contribution < -0.4 is 10.0 Å². The first-order chi connectivity index (χ1) is 13.8. The van der Waals surface area contributed by atoms with Crippen LogP contribution in [0.2, 0.25) is 0 Å². The number of fused-ring (bicyclic) bond motifs is 1. The van der Waals surface area contributed by atoms with Gasteiger partial charge in [-0.2, -0.15) is 0 Å². The highest BCUT2D eigenvalue weighted by atomic mass is 32.2. The SMILES string of the molecule is CC(C)Cn1c(C(C)(C)C)nc2cc(NSC3=CCC=C(NC=O)C=C3)ccc21. The van der Waals surface area contributed by atoms with Crippen molar-refractivity contribution in [1.82, 2.24) is 14.9 Å². The molecule has 154 valence electrons. The number of benzene rings is 1. The highest BCUT2D eigenvalue weighted by Gasteiger charge is 2.23. The van der Waals surface area contributed by atoms with Crippen LogP contribution in [0, 0.1) is 5.92 Å². The zero-order chi connectivity index (χ0) is 21.0. The maximum absolute atomic E-state index is 10.6. The molecule has 1 aliphatic carbocycles. The van der Waals surface area contributed by atoms with Gasteiger partial charge in [0.2, 0.25) is 6.41 Å². The molecule has 0 fully saturated rings. The second kappa shape index (κ2) is 8.91. The molecule has 0 saturated carbocycles. The van der Waals surface area contributed by atoms with Crippen molar-refractivity contribution in [3.05, 3.63) is 58.9 Å². The molecule has 2 aromatic rings. The van der Waals surface area contributed by atoms with Gasteiger partial charge < -0.3 is 14.6 Å². The van der Waals surface area contributed by atoms with Crippen molar-refractivity contribution >= 4 is 35.1 Å². The summed E-state index contributed by atoms with van der Waals surface area (Å²) in [6.45, 7) is 12.1. The predicted molar refractivity (Wildman–Crippen MR) is 124 cm³/mol. The fourth-order valence-corrected chi connectivity index (χ4v) is 3.97. The maximum Gasteiger partial charge on any atom is 0.211 e. The summed E-state index contributed by atoms with van der Waals surface area (Å²) in [5.74, 6) is 1.68. The van der Waals surface area contributed by atoms with Crippen LogP contribution in [-0.4, -0.2) is 16.0 Å². The second-order valence-electron chi connectivity index (χ2n) is 8.69. The van der Waals surface area contributed by atoms with E-state index in [4.69, 9.17) is 4.98 Å². The van der Waals surface area contributed by atoms with Gasteiger partial charge in [0.15, 0.2) is 0 Å². The van der Waals surface area contributed by atoms with E-state index in [1.807, 2.05) is 18.2 Å². The molecule has 1 aromatic heterocycles. The van der Waals surface area contributed by atoms with Crippen LogP contribution in [0.25, 0.3) is 11.0 Å². The Hall–Kier alpha value is -2.47. The Kier molecular flexibility index (Phi) is 6.52. The summed E-state index contributed by atoms with van der Waals surface area (Å²) < 4.78 is 5.79. The van der Waals surface area contributed by atoms with Gasteiger partial charge in [-0.25, -0.2) is 4.98 Å². The standard InChI is InChI=1S/C23H30N4OS/c1-16(2)14-27-21-12-10-18(13-20(21)25-22(27)23(3,4)5)26-29-19-8-6-7-17(9-11-19)24-15-28/h7-13,15-16,26H,6,14H2,1-5H3,(H,24,28). The van der Waals surface area contributed by atoms with E-state index in [-0.39, 0.29) is 5.41 Å². The van der Waals surface area contributed by atoms with E-state index in [1.54, 1.807) is 11.9 Å². The molecule has 5 nitrogen and oxygen atoms in total. The Labute approximate surface area is 177 Å². The van der Waals surface area contributed by atoms with Crippen molar-refractivity contribution in [2.24, 2.45) is 5.92 Å². The van der Waals surface area contributed by atoms with E-state index in [0.29, 0.717) is 12.3 Å². The fraction of sp³-hybridized carbons (Fsp3) is 0.391. The van der Waals surface area contributed by atoms with Crippen LogP contribution in [0.3, 0.4) is 0 Å². The number of rotatable bonds is 7. The Bertz CT molecular complexity index is 977. The number of aromatic nitrogens is 2. The summed E-state index contributed by atoms with van der Waals surface area (Å²) in [4.78, 5) is 16.7. The lowest BCUT2D eigenvalue weighted by molar-refractivity contribution is -0.108. The van der Waals surface area contributed by atoms with Gasteiger partial charge in [-0.05, 0) is 54.6 Å². The largest absolute Gasteiger partial charge is 0.329 e. The Morgan fingerprint density at radius 1 is 1.24 bits per heavy atom. The molecule has 1 heterocycles. The third-order valence-electron chi connectivity index (χ3n) is 4.56. The quantitative estimate of drug-likeness (QED) is 0.466. The molecule has 3 rings (SSSR count). The highest BCUT2D eigenvalue weighted by molar-refractivity contribution is 8.04. The van der Waals surface area contributed by atoms with Crippen LogP contribution in [0.15, 0.2) is 53.1 Å². The molecule has 0 aliphatic heterocycles. The Balaban J connectivity index is 1.79. The van der Waals surface area contributed by atoms with Gasteiger partial charge in [0.25, 0.3) is 0 Å². The van der Waals surface area contributed by atoms with Gasteiger partial charge in [0, 0.05) is 28.2 Å². The van der Waals surface area contributed by atoms with Crippen LogP contribution in [0.5, 0.6) is 0 Å². The lowest BCUT2D eigenvalue weighted by Gasteiger charge is -2.21. The minimum Gasteiger partial charge on any atom is -0.329 e. The summed E-state index contributed by atoms with van der Waals surface area (Å²) >= 11 is 1.56. The average Bonchev–Trinajstić information content (AvgIpc) is 2.85. The first kappa shape index (κ1) is 21.2. The van der Waals surface area contributed by atoms with Crippen LogP contribution >= 0.6 is 11.9 Å². The predicted octanol–water partition coefficient (Wildman–Crippen LogP) is 5.52. The minimum atomic E-state index is -0.00747. The van der Waals surface area contributed by atoms with Gasteiger partial charge in [-0.15, -0.1) is 0 Å². The first-order valence-corrected chi connectivity index (χ1v) is 10.8. The van der Waals surface area contributed by atoms with Crippen molar-refractivity contribution in [2.75, 3.05) is 4.72 Å². The summed E-state index contributed by atoms with van der Waals surface area (Å²) in [6.07, 6.45) is 9.50. The van der Waals surface area contributed by atoms with Gasteiger partial charge >= 0.3 is 0 Å². The molecular weight excluding hydrogens is 380 g/mol. The van der Waals surface area contributed by atoms with Crippen molar-refractivity contribution in [3.8, 4) is 0 Å². The lowest BCUT2D eigenvalue weighted by atomic mass is 9.95. The van der Waals surface area contributed by atoms with Crippen LogP contribution in [-0.2, 0) is 16.8 Å². The van der Waals surface area contributed by atoms with E-state index >= 15 is 0 Å². The molecule has 0 atom stereocenters. The van der Waals surface area contributed by atoms with E-state index < -0.39 is 0 Å². The van der Waals surface area contributed by atoms with Gasteiger partial charge in [0.05, 0.1) is 11.0 Å². The molecule has 0 unspecified atom stereocenters. The van der Waals surface area contributed by atoms with Crippen molar-refractivity contribution in [1.29, 1.82) is 0 Å².